The summed E-state index contributed by atoms with van der Waals surface area (Å²) in [6, 6.07) is 14.4. The summed E-state index contributed by atoms with van der Waals surface area (Å²) < 4.78 is 11.2. The van der Waals surface area contributed by atoms with Crippen LogP contribution in [0.25, 0.3) is 0 Å². The van der Waals surface area contributed by atoms with Crippen LogP contribution in [-0.4, -0.2) is 82.6 Å². The van der Waals surface area contributed by atoms with Crippen molar-refractivity contribution < 1.29 is 34.7 Å². The van der Waals surface area contributed by atoms with Crippen LogP contribution in [0.2, 0.25) is 0 Å². The van der Waals surface area contributed by atoms with Gasteiger partial charge in [-0.3, -0.25) is 4.79 Å². The van der Waals surface area contributed by atoms with Gasteiger partial charge >= 0.3 is 0 Å². The summed E-state index contributed by atoms with van der Waals surface area (Å²) in [5.74, 6) is 0.364. The number of carbonyl (C=O) groups excluding carboxylic acids is 1. The first kappa shape index (κ1) is 22.2. The van der Waals surface area contributed by atoms with Crippen molar-refractivity contribution in [3.8, 4) is 5.75 Å². The predicted octanol–water partition coefficient (Wildman–Crippen LogP) is 0.158. The van der Waals surface area contributed by atoms with Gasteiger partial charge in [-0.2, -0.15) is 0 Å². The Labute approximate surface area is 174 Å². The highest BCUT2D eigenvalue weighted by atomic mass is 16.7. The van der Waals surface area contributed by atoms with Gasteiger partial charge in [0.2, 0.25) is 6.29 Å². The van der Waals surface area contributed by atoms with E-state index in [1.165, 1.54) is 4.90 Å². The normalized spacial score (nSPS) is 26.3. The van der Waals surface area contributed by atoms with E-state index in [2.05, 4.69) is 0 Å². The van der Waals surface area contributed by atoms with Crippen molar-refractivity contribution >= 4 is 5.91 Å². The smallest absolute Gasteiger partial charge is 0.253 e. The van der Waals surface area contributed by atoms with Crippen LogP contribution in [0.5, 0.6) is 5.75 Å². The molecule has 0 aliphatic carbocycles. The fraction of sp³-hybridized carbons (Fsp3) is 0.409. The largest absolute Gasteiger partial charge is 0.462 e. The minimum absolute atomic E-state index is 0.0760. The van der Waals surface area contributed by atoms with Gasteiger partial charge < -0.3 is 34.8 Å². The molecule has 1 aliphatic rings. The lowest BCUT2D eigenvalue weighted by atomic mass is 9.99. The molecule has 0 spiro atoms. The number of carbonyl (C=O) groups is 1. The average Bonchev–Trinajstić information content (AvgIpc) is 2.75. The molecule has 1 saturated heterocycles. The molecule has 1 aliphatic heterocycles. The first-order valence-corrected chi connectivity index (χ1v) is 9.67. The Morgan fingerprint density at radius 2 is 1.67 bits per heavy atom. The highest BCUT2D eigenvalue weighted by Crippen LogP contribution is 2.28. The molecule has 8 nitrogen and oxygen atoms in total. The second kappa shape index (κ2) is 9.55. The van der Waals surface area contributed by atoms with Crippen LogP contribution in [0, 0.1) is 0 Å². The number of aliphatic hydroxyl groups excluding tert-OH is 4. The van der Waals surface area contributed by atoms with Crippen LogP contribution in [-0.2, 0) is 11.2 Å². The van der Waals surface area contributed by atoms with E-state index < -0.39 is 37.3 Å². The molecule has 5 atom stereocenters. The molecular weight excluding hydrogens is 390 g/mol. The standard InChI is InChI=1S/C22H27NO7/c1-23(2)21(28)14-9-7-13(8-10-14)11-15-5-3-4-6-16(15)29-22-20(27)19(26)18(25)17(12-24)30-22/h3-10,17-20,22,24-27H,11-12H2,1-2H3/t17-,18-,19+,20-,22-/m1/s1. The van der Waals surface area contributed by atoms with Gasteiger partial charge in [-0.25, -0.2) is 0 Å². The van der Waals surface area contributed by atoms with Gasteiger partial charge in [0, 0.05) is 26.1 Å². The van der Waals surface area contributed by atoms with Crippen molar-refractivity contribution in [2.24, 2.45) is 0 Å². The van der Waals surface area contributed by atoms with Gasteiger partial charge in [0.15, 0.2) is 0 Å². The lowest BCUT2D eigenvalue weighted by Gasteiger charge is -2.39. The monoisotopic (exact) mass is 417 g/mol. The van der Waals surface area contributed by atoms with Crippen LogP contribution in [0.1, 0.15) is 21.5 Å². The first-order valence-electron chi connectivity index (χ1n) is 9.67. The van der Waals surface area contributed by atoms with Crippen molar-refractivity contribution in [3.63, 3.8) is 0 Å². The number of nitrogens with zero attached hydrogens (tertiary/aromatic N) is 1. The van der Waals surface area contributed by atoms with Crippen LogP contribution < -0.4 is 4.74 Å². The molecule has 8 heteroatoms. The molecule has 0 unspecified atom stereocenters. The topological polar surface area (TPSA) is 120 Å². The number of ether oxygens (including phenoxy) is 2. The summed E-state index contributed by atoms with van der Waals surface area (Å²) in [5.41, 5.74) is 2.35. The summed E-state index contributed by atoms with van der Waals surface area (Å²) in [6.45, 7) is -0.523. The molecule has 2 aromatic rings. The second-order valence-corrected chi connectivity index (χ2v) is 7.50. The van der Waals surface area contributed by atoms with Crippen molar-refractivity contribution in [2.75, 3.05) is 20.7 Å². The number of amides is 1. The summed E-state index contributed by atoms with van der Waals surface area (Å²) >= 11 is 0. The van der Waals surface area contributed by atoms with E-state index in [0.29, 0.717) is 17.7 Å². The summed E-state index contributed by atoms with van der Waals surface area (Å²) in [7, 11) is 3.39. The minimum atomic E-state index is -1.50. The van der Waals surface area contributed by atoms with Gasteiger partial charge in [0.1, 0.15) is 30.2 Å². The zero-order valence-electron chi connectivity index (χ0n) is 16.9. The van der Waals surface area contributed by atoms with Gasteiger partial charge in [0.05, 0.1) is 6.61 Å². The summed E-state index contributed by atoms with van der Waals surface area (Å²) in [6.07, 6.45) is -6.21. The molecule has 1 fully saturated rings. The van der Waals surface area contributed by atoms with Crippen molar-refractivity contribution in [1.29, 1.82) is 0 Å². The van der Waals surface area contributed by atoms with E-state index in [-0.39, 0.29) is 5.91 Å². The van der Waals surface area contributed by atoms with Crippen molar-refractivity contribution in [3.05, 3.63) is 65.2 Å². The lowest BCUT2D eigenvalue weighted by Crippen LogP contribution is -2.60. The van der Waals surface area contributed by atoms with Gasteiger partial charge in [-0.15, -0.1) is 0 Å². The number of hydrogen-bond donors (Lipinski definition) is 4. The zero-order valence-corrected chi connectivity index (χ0v) is 16.9. The Balaban J connectivity index is 1.76. The van der Waals surface area contributed by atoms with E-state index in [9.17, 15) is 25.2 Å². The van der Waals surface area contributed by atoms with Gasteiger partial charge in [-0.05, 0) is 29.3 Å². The van der Waals surface area contributed by atoms with Crippen LogP contribution in [0.3, 0.4) is 0 Å². The molecule has 3 rings (SSSR count). The Kier molecular flexibility index (Phi) is 7.06. The lowest BCUT2D eigenvalue weighted by molar-refractivity contribution is -0.277. The van der Waals surface area contributed by atoms with E-state index in [1.807, 2.05) is 24.3 Å². The van der Waals surface area contributed by atoms with Crippen LogP contribution in [0.15, 0.2) is 48.5 Å². The van der Waals surface area contributed by atoms with E-state index in [1.54, 1.807) is 38.4 Å². The van der Waals surface area contributed by atoms with E-state index in [0.717, 1.165) is 11.1 Å². The Bertz CT molecular complexity index is 853. The second-order valence-electron chi connectivity index (χ2n) is 7.50. The van der Waals surface area contributed by atoms with E-state index >= 15 is 0 Å². The van der Waals surface area contributed by atoms with Gasteiger partial charge in [-0.1, -0.05) is 30.3 Å². The summed E-state index contributed by atoms with van der Waals surface area (Å²) in [5, 5.41) is 39.4. The maximum absolute atomic E-state index is 12.0. The van der Waals surface area contributed by atoms with Crippen molar-refractivity contribution in [2.45, 2.75) is 37.1 Å². The predicted molar refractivity (Wildman–Crippen MR) is 108 cm³/mol. The third kappa shape index (κ3) is 4.80. The molecular formula is C22H27NO7. The number of hydrogen-bond acceptors (Lipinski definition) is 7. The number of aliphatic hydroxyl groups is 4. The van der Waals surface area contributed by atoms with Crippen molar-refractivity contribution in [1.82, 2.24) is 4.90 Å². The number of rotatable bonds is 6. The highest BCUT2D eigenvalue weighted by molar-refractivity contribution is 5.93. The molecule has 1 amide bonds. The third-order valence-corrected chi connectivity index (χ3v) is 5.07. The van der Waals surface area contributed by atoms with Gasteiger partial charge in [0.25, 0.3) is 5.91 Å². The number of para-hydroxylation sites is 1. The molecule has 0 aromatic heterocycles. The molecule has 30 heavy (non-hydrogen) atoms. The molecule has 0 bridgehead atoms. The molecule has 162 valence electrons. The summed E-state index contributed by atoms with van der Waals surface area (Å²) in [4.78, 5) is 13.5. The number of benzene rings is 2. The SMILES string of the molecule is CN(C)C(=O)c1ccc(Cc2ccccc2O[C@@H]2O[C@H](CO)[C@@H](O)[C@H](O)[C@H]2O)cc1. The minimum Gasteiger partial charge on any atom is -0.462 e. The first-order chi connectivity index (χ1) is 14.3. The Morgan fingerprint density at radius 1 is 1.00 bits per heavy atom. The molecule has 2 aromatic carbocycles. The highest BCUT2D eigenvalue weighted by Gasteiger charge is 2.44. The maximum Gasteiger partial charge on any atom is 0.253 e. The van der Waals surface area contributed by atoms with E-state index in [4.69, 9.17) is 9.47 Å². The molecule has 0 saturated carbocycles. The fourth-order valence-electron chi connectivity index (χ4n) is 3.30. The Morgan fingerprint density at radius 3 is 2.30 bits per heavy atom. The fourth-order valence-corrected chi connectivity index (χ4v) is 3.30. The maximum atomic E-state index is 12.0. The Hall–Kier alpha value is -2.49. The molecule has 4 N–H and O–H groups in total. The zero-order chi connectivity index (χ0) is 21.8. The molecule has 0 radical (unpaired) electrons. The molecule has 1 heterocycles. The average molecular weight is 417 g/mol. The quantitative estimate of drug-likeness (QED) is 0.528. The van der Waals surface area contributed by atoms with Crippen LogP contribution in [0.4, 0.5) is 0 Å². The van der Waals surface area contributed by atoms with Crippen LogP contribution >= 0.6 is 0 Å². The third-order valence-electron chi connectivity index (χ3n) is 5.07.